The van der Waals surface area contributed by atoms with Gasteiger partial charge in [-0.2, -0.15) is 5.10 Å². The summed E-state index contributed by atoms with van der Waals surface area (Å²) in [5, 5.41) is 4.82. The molecule has 0 aromatic carbocycles. The summed E-state index contributed by atoms with van der Waals surface area (Å²) >= 11 is 0. The van der Waals surface area contributed by atoms with Gasteiger partial charge in [0.25, 0.3) is 5.56 Å². The smallest absolute Gasteiger partial charge is 0.258 e. The zero-order chi connectivity index (χ0) is 17.2. The number of hydrogen-bond acceptors (Lipinski definition) is 5. The summed E-state index contributed by atoms with van der Waals surface area (Å²) in [5.74, 6) is 0. The van der Waals surface area contributed by atoms with Crippen molar-refractivity contribution in [3.05, 3.63) is 41.3 Å². The number of pyridine rings is 1. The maximum atomic E-state index is 11.9. The number of aromatic nitrogens is 5. The average molecular weight is 343 g/mol. The van der Waals surface area contributed by atoms with Crippen LogP contribution in [-0.4, -0.2) is 39.4 Å². The highest BCUT2D eigenvalue weighted by Gasteiger charge is 2.13. The Balaban J connectivity index is 1.77. The van der Waals surface area contributed by atoms with Crippen LogP contribution in [-0.2, 0) is 11.5 Å². The van der Waals surface area contributed by atoms with E-state index in [1.54, 1.807) is 23.1 Å². The Morgan fingerprint density at radius 3 is 2.92 bits per heavy atom. The monoisotopic (exact) mass is 343 g/mol. The number of aromatic amines is 1. The minimum atomic E-state index is -1.08. The second kappa shape index (κ2) is 6.66. The summed E-state index contributed by atoms with van der Waals surface area (Å²) in [6, 6.07) is 2.79. The minimum Gasteiger partial charge on any atom is -0.360 e. The molecule has 1 N–H and O–H groups in total. The third kappa shape index (κ3) is 3.77. The molecule has 3 heterocycles. The predicted octanol–water partition coefficient (Wildman–Crippen LogP) is 2.49. The number of nitrogens with one attached hydrogen (secondary N) is 1. The summed E-state index contributed by atoms with van der Waals surface area (Å²) in [6.45, 7) is 8.12. The van der Waals surface area contributed by atoms with Gasteiger partial charge in [-0.1, -0.05) is 19.6 Å². The van der Waals surface area contributed by atoms with Crippen LogP contribution in [0.15, 0.2) is 35.8 Å². The van der Waals surface area contributed by atoms with Gasteiger partial charge in [-0.15, -0.1) is 0 Å². The van der Waals surface area contributed by atoms with E-state index in [4.69, 9.17) is 4.74 Å². The summed E-state index contributed by atoms with van der Waals surface area (Å²) in [6.07, 6.45) is 6.57. The molecule has 0 amide bonds. The van der Waals surface area contributed by atoms with Crippen LogP contribution in [0, 0.1) is 0 Å². The van der Waals surface area contributed by atoms with E-state index in [0.29, 0.717) is 23.3 Å². The van der Waals surface area contributed by atoms with Crippen LogP contribution >= 0.6 is 0 Å². The van der Waals surface area contributed by atoms with Crippen LogP contribution in [0.3, 0.4) is 0 Å². The molecule has 0 aliphatic rings. The third-order valence-corrected chi connectivity index (χ3v) is 5.39. The standard InChI is InChI=1S/C16H21N5O2Si/c1-24(2,3)7-6-23-11-21-9-12(8-20-21)14-15-13(4-5-17-14)16(22)19-10-18-15/h4-5,8-10H,6-7,11H2,1-3H3,(H,18,19,22). The first kappa shape index (κ1) is 16.5. The SMILES string of the molecule is C[Si](C)(C)CCOCn1cc(-c2nccc3c(=O)[nH]cnc23)cn1. The Morgan fingerprint density at radius 1 is 1.29 bits per heavy atom. The van der Waals surface area contributed by atoms with E-state index < -0.39 is 8.07 Å². The molecule has 0 fully saturated rings. The summed E-state index contributed by atoms with van der Waals surface area (Å²) in [5.41, 5.74) is 1.85. The van der Waals surface area contributed by atoms with Crippen LogP contribution in [0.5, 0.6) is 0 Å². The highest BCUT2D eigenvalue weighted by Crippen LogP contribution is 2.22. The van der Waals surface area contributed by atoms with E-state index in [2.05, 4.69) is 39.7 Å². The highest BCUT2D eigenvalue weighted by atomic mass is 28.3. The third-order valence-electron chi connectivity index (χ3n) is 3.68. The van der Waals surface area contributed by atoms with Gasteiger partial charge in [-0.3, -0.25) is 9.78 Å². The Labute approximate surface area is 140 Å². The predicted molar refractivity (Wildman–Crippen MR) is 95.5 cm³/mol. The first-order valence-corrected chi connectivity index (χ1v) is 11.6. The van der Waals surface area contributed by atoms with Gasteiger partial charge in [0.05, 0.1) is 23.6 Å². The molecule has 3 aromatic heterocycles. The van der Waals surface area contributed by atoms with Crippen LogP contribution in [0.4, 0.5) is 0 Å². The fourth-order valence-corrected chi connectivity index (χ4v) is 3.06. The van der Waals surface area contributed by atoms with Crippen LogP contribution in [0.25, 0.3) is 22.2 Å². The lowest BCUT2D eigenvalue weighted by Crippen LogP contribution is -2.22. The van der Waals surface area contributed by atoms with Crippen molar-refractivity contribution < 1.29 is 4.74 Å². The number of H-pyrrole nitrogens is 1. The second-order valence-corrected chi connectivity index (χ2v) is 12.5. The van der Waals surface area contributed by atoms with Crippen molar-refractivity contribution in [3.8, 4) is 11.3 Å². The molecule has 0 aliphatic heterocycles. The molecule has 126 valence electrons. The zero-order valence-electron chi connectivity index (χ0n) is 14.1. The van der Waals surface area contributed by atoms with Crippen molar-refractivity contribution >= 4 is 19.0 Å². The maximum absolute atomic E-state index is 11.9. The molecule has 3 aromatic rings. The van der Waals surface area contributed by atoms with Gasteiger partial charge in [0.15, 0.2) is 0 Å². The van der Waals surface area contributed by atoms with Crippen molar-refractivity contribution in [2.45, 2.75) is 32.4 Å². The van der Waals surface area contributed by atoms with Crippen molar-refractivity contribution in [1.82, 2.24) is 24.7 Å². The lowest BCUT2D eigenvalue weighted by atomic mass is 10.1. The van der Waals surface area contributed by atoms with Gasteiger partial charge in [-0.25, -0.2) is 9.67 Å². The van der Waals surface area contributed by atoms with E-state index in [-0.39, 0.29) is 5.56 Å². The second-order valence-electron chi connectivity index (χ2n) is 6.90. The summed E-state index contributed by atoms with van der Waals surface area (Å²) in [7, 11) is -1.08. The Kier molecular flexibility index (Phi) is 4.59. The molecule has 24 heavy (non-hydrogen) atoms. The Hall–Kier alpha value is -2.32. The van der Waals surface area contributed by atoms with E-state index in [9.17, 15) is 4.79 Å². The van der Waals surface area contributed by atoms with Gasteiger partial charge in [0, 0.05) is 32.6 Å². The van der Waals surface area contributed by atoms with Gasteiger partial charge in [0.2, 0.25) is 0 Å². The van der Waals surface area contributed by atoms with Gasteiger partial charge >= 0.3 is 0 Å². The number of nitrogens with zero attached hydrogens (tertiary/aromatic N) is 4. The molecular weight excluding hydrogens is 322 g/mol. The molecule has 0 aliphatic carbocycles. The van der Waals surface area contributed by atoms with Gasteiger partial charge < -0.3 is 9.72 Å². The van der Waals surface area contributed by atoms with Crippen LogP contribution in [0.1, 0.15) is 0 Å². The lowest BCUT2D eigenvalue weighted by molar-refractivity contribution is 0.0786. The molecule has 3 rings (SSSR count). The summed E-state index contributed by atoms with van der Waals surface area (Å²) in [4.78, 5) is 23.0. The number of fused-ring (bicyclic) bond motifs is 1. The largest absolute Gasteiger partial charge is 0.360 e. The van der Waals surface area contributed by atoms with Gasteiger partial charge in [-0.05, 0) is 12.1 Å². The quantitative estimate of drug-likeness (QED) is 0.549. The average Bonchev–Trinajstić information content (AvgIpc) is 2.99. The molecule has 0 saturated carbocycles. The molecule has 0 saturated heterocycles. The molecule has 0 unspecified atom stereocenters. The van der Waals surface area contributed by atoms with E-state index in [0.717, 1.165) is 18.2 Å². The van der Waals surface area contributed by atoms with Crippen molar-refractivity contribution in [3.63, 3.8) is 0 Å². The molecule has 0 radical (unpaired) electrons. The topological polar surface area (TPSA) is 85.7 Å². The summed E-state index contributed by atoms with van der Waals surface area (Å²) < 4.78 is 7.43. The van der Waals surface area contributed by atoms with E-state index in [1.165, 1.54) is 6.33 Å². The molecule has 7 nitrogen and oxygen atoms in total. The number of rotatable bonds is 6. The molecule has 8 heteroatoms. The Bertz CT molecular complexity index is 897. The van der Waals surface area contributed by atoms with Crippen molar-refractivity contribution in [2.24, 2.45) is 0 Å². The van der Waals surface area contributed by atoms with Crippen LogP contribution in [0.2, 0.25) is 25.7 Å². The molecular formula is C16H21N5O2Si. The molecule has 0 spiro atoms. The number of ether oxygens (including phenoxy) is 1. The van der Waals surface area contributed by atoms with Crippen molar-refractivity contribution in [2.75, 3.05) is 6.61 Å². The van der Waals surface area contributed by atoms with E-state index in [1.807, 2.05) is 6.20 Å². The van der Waals surface area contributed by atoms with Crippen molar-refractivity contribution in [1.29, 1.82) is 0 Å². The van der Waals surface area contributed by atoms with Gasteiger partial charge in [0.1, 0.15) is 12.2 Å². The first-order valence-electron chi connectivity index (χ1n) is 7.87. The molecule has 0 atom stereocenters. The fraction of sp³-hybridized carbons (Fsp3) is 0.375. The highest BCUT2D eigenvalue weighted by molar-refractivity contribution is 6.76. The first-order chi connectivity index (χ1) is 11.4. The molecule has 0 bridgehead atoms. The minimum absolute atomic E-state index is 0.175. The number of hydrogen-bond donors (Lipinski definition) is 1. The normalized spacial score (nSPS) is 12.0. The van der Waals surface area contributed by atoms with E-state index >= 15 is 0 Å². The Morgan fingerprint density at radius 2 is 2.12 bits per heavy atom. The fourth-order valence-electron chi connectivity index (χ4n) is 2.31. The lowest BCUT2D eigenvalue weighted by Gasteiger charge is -2.15. The van der Waals surface area contributed by atoms with Crippen LogP contribution < -0.4 is 5.56 Å². The maximum Gasteiger partial charge on any atom is 0.258 e. The zero-order valence-corrected chi connectivity index (χ0v) is 15.1.